The van der Waals surface area contributed by atoms with E-state index in [0.717, 1.165) is 17.6 Å². The van der Waals surface area contributed by atoms with Gasteiger partial charge in [0.05, 0.1) is 7.11 Å². The second-order valence-corrected chi connectivity index (χ2v) is 3.92. The Morgan fingerprint density at radius 2 is 1.88 bits per heavy atom. The van der Waals surface area contributed by atoms with E-state index in [9.17, 15) is 4.79 Å². The monoisotopic (exact) mass is 219 g/mol. The molecule has 0 saturated heterocycles. The van der Waals surface area contributed by atoms with Crippen molar-refractivity contribution in [3.63, 3.8) is 0 Å². The molecule has 0 radical (unpaired) electrons. The first kappa shape index (κ1) is 12.4. The summed E-state index contributed by atoms with van der Waals surface area (Å²) >= 11 is 0. The molecule has 86 valence electrons. The van der Waals surface area contributed by atoms with E-state index in [-0.39, 0.29) is 12.0 Å². The van der Waals surface area contributed by atoms with Crippen LogP contribution in [0.1, 0.15) is 19.4 Å². The molecule has 0 saturated carbocycles. The third-order valence-corrected chi connectivity index (χ3v) is 2.33. The zero-order chi connectivity index (χ0) is 12.0. The molecule has 1 atom stereocenters. The Labute approximate surface area is 96.2 Å². The van der Waals surface area contributed by atoms with Crippen molar-refractivity contribution in [3.05, 3.63) is 29.8 Å². The Morgan fingerprint density at radius 1 is 1.25 bits per heavy atom. The summed E-state index contributed by atoms with van der Waals surface area (Å²) in [5.74, 6) is 1.04. The zero-order valence-corrected chi connectivity index (χ0v) is 9.88. The van der Waals surface area contributed by atoms with Crippen molar-refractivity contribution >= 4 is 12.5 Å². The Bertz CT molecular complexity index is 355. The molecule has 0 unspecified atom stereocenters. The molecule has 1 aromatic rings. The van der Waals surface area contributed by atoms with Crippen molar-refractivity contribution < 1.29 is 9.53 Å². The van der Waals surface area contributed by atoms with Crippen LogP contribution in [-0.2, 0) is 4.79 Å². The maximum atomic E-state index is 10.7. The Morgan fingerprint density at radius 3 is 2.31 bits per heavy atom. The van der Waals surface area contributed by atoms with Crippen LogP contribution in [-0.4, -0.2) is 25.7 Å². The number of carbonyl (C=O) groups is 1. The number of nitrogens with zero attached hydrogens (tertiary/aromatic N) is 1. The Kier molecular flexibility index (Phi) is 4.70. The molecule has 1 rings (SSSR count). The van der Waals surface area contributed by atoms with E-state index < -0.39 is 0 Å². The molecule has 0 aliphatic heterocycles. The fourth-order valence-electron chi connectivity index (χ4n) is 1.23. The van der Waals surface area contributed by atoms with E-state index in [1.165, 1.54) is 0 Å². The second-order valence-electron chi connectivity index (χ2n) is 3.92. The summed E-state index contributed by atoms with van der Waals surface area (Å²) in [4.78, 5) is 15.0. The molecule has 0 fully saturated rings. The highest BCUT2D eigenvalue weighted by atomic mass is 16.5. The van der Waals surface area contributed by atoms with Gasteiger partial charge in [-0.2, -0.15) is 0 Å². The van der Waals surface area contributed by atoms with Gasteiger partial charge in [-0.3, -0.25) is 4.99 Å². The van der Waals surface area contributed by atoms with E-state index in [1.54, 1.807) is 13.3 Å². The summed E-state index contributed by atoms with van der Waals surface area (Å²) in [6, 6.07) is 7.29. The highest BCUT2D eigenvalue weighted by Gasteiger charge is 2.08. The molecule has 16 heavy (non-hydrogen) atoms. The minimum Gasteiger partial charge on any atom is -0.497 e. The number of hydrogen-bond donors (Lipinski definition) is 0. The molecular formula is C13H17NO2. The van der Waals surface area contributed by atoms with Crippen LogP contribution in [0.2, 0.25) is 0 Å². The van der Waals surface area contributed by atoms with E-state index >= 15 is 0 Å². The van der Waals surface area contributed by atoms with Gasteiger partial charge in [0, 0.05) is 6.21 Å². The molecule has 3 heteroatoms. The van der Waals surface area contributed by atoms with Crippen LogP contribution < -0.4 is 4.74 Å². The molecule has 0 amide bonds. The standard InChI is InChI=1S/C13H17NO2/c1-10(2)13(9-15)14-8-11-4-6-12(16-3)7-5-11/h4-10,13H,1-3H3/t13-/m1/s1. The highest BCUT2D eigenvalue weighted by molar-refractivity contribution is 5.81. The van der Waals surface area contributed by atoms with Crippen LogP contribution in [0.25, 0.3) is 0 Å². The van der Waals surface area contributed by atoms with Gasteiger partial charge < -0.3 is 9.53 Å². The van der Waals surface area contributed by atoms with Crippen LogP contribution in [0, 0.1) is 5.92 Å². The van der Waals surface area contributed by atoms with Crippen molar-refractivity contribution in [1.29, 1.82) is 0 Å². The molecular weight excluding hydrogens is 202 g/mol. The third-order valence-electron chi connectivity index (χ3n) is 2.33. The molecule has 0 aromatic heterocycles. The summed E-state index contributed by atoms with van der Waals surface area (Å²) in [6.07, 6.45) is 2.60. The smallest absolute Gasteiger partial charge is 0.144 e. The quantitative estimate of drug-likeness (QED) is 0.563. The van der Waals surface area contributed by atoms with Gasteiger partial charge in [-0.25, -0.2) is 0 Å². The first-order valence-electron chi connectivity index (χ1n) is 5.30. The minimum atomic E-state index is -0.262. The van der Waals surface area contributed by atoms with Crippen molar-refractivity contribution in [2.24, 2.45) is 10.9 Å². The van der Waals surface area contributed by atoms with Crippen LogP contribution in [0.3, 0.4) is 0 Å². The first-order valence-corrected chi connectivity index (χ1v) is 5.30. The lowest BCUT2D eigenvalue weighted by molar-refractivity contribution is -0.109. The molecule has 0 heterocycles. The SMILES string of the molecule is COc1ccc(C=N[C@H](C=O)C(C)C)cc1. The first-order chi connectivity index (χ1) is 7.67. The Hall–Kier alpha value is -1.64. The lowest BCUT2D eigenvalue weighted by Gasteiger charge is -2.07. The number of hydrogen-bond acceptors (Lipinski definition) is 3. The number of methoxy groups -OCH3 is 1. The highest BCUT2D eigenvalue weighted by Crippen LogP contribution is 2.10. The number of aliphatic imine (C=N–C) groups is 1. The number of rotatable bonds is 5. The van der Waals surface area contributed by atoms with Crippen molar-refractivity contribution in [1.82, 2.24) is 0 Å². The lowest BCUT2D eigenvalue weighted by atomic mass is 10.1. The van der Waals surface area contributed by atoms with Gasteiger partial charge in [0.1, 0.15) is 18.1 Å². The van der Waals surface area contributed by atoms with E-state index in [4.69, 9.17) is 4.74 Å². The number of benzene rings is 1. The maximum Gasteiger partial charge on any atom is 0.144 e. The molecule has 0 spiro atoms. The van der Waals surface area contributed by atoms with Crippen LogP contribution in [0.4, 0.5) is 0 Å². The van der Waals surface area contributed by atoms with Crippen LogP contribution in [0.5, 0.6) is 5.75 Å². The largest absolute Gasteiger partial charge is 0.497 e. The summed E-state index contributed by atoms with van der Waals surface area (Å²) in [5, 5.41) is 0. The molecule has 0 aliphatic rings. The van der Waals surface area contributed by atoms with Gasteiger partial charge in [0.15, 0.2) is 0 Å². The Balaban J connectivity index is 2.71. The number of carbonyl (C=O) groups excluding carboxylic acids is 1. The van der Waals surface area contributed by atoms with E-state index in [2.05, 4.69) is 4.99 Å². The van der Waals surface area contributed by atoms with Crippen molar-refractivity contribution in [2.75, 3.05) is 7.11 Å². The van der Waals surface area contributed by atoms with Gasteiger partial charge in [-0.1, -0.05) is 13.8 Å². The molecule has 1 aromatic carbocycles. The van der Waals surface area contributed by atoms with E-state index in [1.807, 2.05) is 38.1 Å². The van der Waals surface area contributed by atoms with Gasteiger partial charge in [-0.05, 0) is 35.7 Å². The number of ether oxygens (including phenoxy) is 1. The summed E-state index contributed by atoms with van der Waals surface area (Å²) in [5.41, 5.74) is 0.966. The second kappa shape index (κ2) is 6.05. The predicted octanol–water partition coefficient (Wildman–Crippen LogP) is 2.34. The van der Waals surface area contributed by atoms with Crippen molar-refractivity contribution in [3.8, 4) is 5.75 Å². The molecule has 0 bridgehead atoms. The lowest BCUT2D eigenvalue weighted by Crippen LogP contribution is -2.14. The van der Waals surface area contributed by atoms with Gasteiger partial charge in [0.2, 0.25) is 0 Å². The fraction of sp³-hybridized carbons (Fsp3) is 0.385. The third kappa shape index (κ3) is 3.50. The average molecular weight is 219 g/mol. The van der Waals surface area contributed by atoms with Gasteiger partial charge in [0.25, 0.3) is 0 Å². The zero-order valence-electron chi connectivity index (χ0n) is 9.88. The van der Waals surface area contributed by atoms with Gasteiger partial charge in [-0.15, -0.1) is 0 Å². The minimum absolute atomic E-state index is 0.229. The molecule has 3 nitrogen and oxygen atoms in total. The fourth-order valence-corrected chi connectivity index (χ4v) is 1.23. The predicted molar refractivity (Wildman–Crippen MR) is 65.3 cm³/mol. The number of aldehydes is 1. The average Bonchev–Trinajstić information content (AvgIpc) is 2.30. The van der Waals surface area contributed by atoms with Crippen LogP contribution in [0.15, 0.2) is 29.3 Å². The summed E-state index contributed by atoms with van der Waals surface area (Å²) in [6.45, 7) is 3.95. The molecule has 0 N–H and O–H groups in total. The van der Waals surface area contributed by atoms with Gasteiger partial charge >= 0.3 is 0 Å². The van der Waals surface area contributed by atoms with Crippen molar-refractivity contribution in [2.45, 2.75) is 19.9 Å². The molecule has 0 aliphatic carbocycles. The summed E-state index contributed by atoms with van der Waals surface area (Å²) < 4.78 is 5.05. The maximum absolute atomic E-state index is 10.7. The summed E-state index contributed by atoms with van der Waals surface area (Å²) in [7, 11) is 1.63. The van der Waals surface area contributed by atoms with E-state index in [0.29, 0.717) is 0 Å². The topological polar surface area (TPSA) is 38.7 Å². The van der Waals surface area contributed by atoms with Crippen LogP contribution >= 0.6 is 0 Å². The normalized spacial score (nSPS) is 13.0.